The Balaban J connectivity index is 1.32. The molecule has 0 aliphatic carbocycles. The number of nitrogens with one attached hydrogen (secondary N) is 3. The SMILES string of the molecule is Cc1cccc(-n2nc(C(C)(C)C)cc2NC(=O)NCc2ccccc2Oc2ccc3[nH]ncc3c2)c1. The van der Waals surface area contributed by atoms with Crippen LogP contribution in [0.3, 0.4) is 0 Å². The summed E-state index contributed by atoms with van der Waals surface area (Å²) < 4.78 is 7.91. The average Bonchev–Trinajstić information content (AvgIpc) is 3.50. The normalized spacial score (nSPS) is 11.5. The van der Waals surface area contributed by atoms with Crippen molar-refractivity contribution in [1.82, 2.24) is 25.3 Å². The number of anilines is 1. The molecule has 5 aromatic rings. The van der Waals surface area contributed by atoms with Gasteiger partial charge in [0.15, 0.2) is 0 Å². The van der Waals surface area contributed by atoms with Crippen LogP contribution in [-0.2, 0) is 12.0 Å². The first-order valence-corrected chi connectivity index (χ1v) is 12.2. The topological polar surface area (TPSA) is 96.9 Å². The molecule has 37 heavy (non-hydrogen) atoms. The summed E-state index contributed by atoms with van der Waals surface area (Å²) in [4.78, 5) is 13.0. The lowest BCUT2D eigenvalue weighted by molar-refractivity contribution is 0.251. The van der Waals surface area contributed by atoms with Gasteiger partial charge in [-0.1, -0.05) is 51.1 Å². The Bertz CT molecular complexity index is 1560. The number of urea groups is 1. The van der Waals surface area contributed by atoms with Gasteiger partial charge in [-0.25, -0.2) is 9.48 Å². The quantitative estimate of drug-likeness (QED) is 0.252. The number of fused-ring (bicyclic) bond motifs is 1. The van der Waals surface area contributed by atoms with Gasteiger partial charge < -0.3 is 10.1 Å². The van der Waals surface area contributed by atoms with Gasteiger partial charge in [0.1, 0.15) is 17.3 Å². The Morgan fingerprint density at radius 3 is 2.68 bits per heavy atom. The highest BCUT2D eigenvalue weighted by molar-refractivity contribution is 5.88. The van der Waals surface area contributed by atoms with Crippen molar-refractivity contribution in [3.8, 4) is 17.2 Å². The number of aromatic nitrogens is 4. The molecule has 2 aromatic heterocycles. The second kappa shape index (κ2) is 9.81. The molecule has 2 heterocycles. The number of amides is 2. The van der Waals surface area contributed by atoms with Crippen LogP contribution in [0.2, 0.25) is 0 Å². The molecule has 0 bridgehead atoms. The molecule has 0 spiro atoms. The first-order valence-electron chi connectivity index (χ1n) is 12.2. The van der Waals surface area contributed by atoms with E-state index in [9.17, 15) is 4.79 Å². The van der Waals surface area contributed by atoms with E-state index < -0.39 is 0 Å². The number of aryl methyl sites for hydroxylation is 1. The lowest BCUT2D eigenvalue weighted by Crippen LogP contribution is -2.29. The largest absolute Gasteiger partial charge is 0.457 e. The van der Waals surface area contributed by atoms with Crippen LogP contribution in [0.5, 0.6) is 11.5 Å². The van der Waals surface area contributed by atoms with Crippen LogP contribution in [0.1, 0.15) is 37.6 Å². The summed E-state index contributed by atoms with van der Waals surface area (Å²) in [7, 11) is 0. The van der Waals surface area contributed by atoms with E-state index in [4.69, 9.17) is 9.84 Å². The van der Waals surface area contributed by atoms with Gasteiger partial charge in [0.25, 0.3) is 0 Å². The molecule has 0 saturated carbocycles. The van der Waals surface area contributed by atoms with Crippen molar-refractivity contribution in [2.75, 3.05) is 5.32 Å². The van der Waals surface area contributed by atoms with Crippen LogP contribution in [0.25, 0.3) is 16.6 Å². The maximum absolute atomic E-state index is 13.0. The van der Waals surface area contributed by atoms with Crippen molar-refractivity contribution in [3.05, 3.63) is 95.8 Å². The molecule has 0 atom stereocenters. The van der Waals surface area contributed by atoms with Crippen LogP contribution in [0, 0.1) is 6.92 Å². The number of hydrogen-bond donors (Lipinski definition) is 3. The number of aromatic amines is 1. The Hall–Kier alpha value is -4.59. The summed E-state index contributed by atoms with van der Waals surface area (Å²) in [6.45, 7) is 8.62. The zero-order valence-electron chi connectivity index (χ0n) is 21.4. The van der Waals surface area contributed by atoms with Crippen LogP contribution in [0.15, 0.2) is 79.0 Å². The highest BCUT2D eigenvalue weighted by Crippen LogP contribution is 2.28. The van der Waals surface area contributed by atoms with Crippen LogP contribution < -0.4 is 15.4 Å². The lowest BCUT2D eigenvalue weighted by Gasteiger charge is -2.14. The summed E-state index contributed by atoms with van der Waals surface area (Å²) in [5.74, 6) is 1.97. The Morgan fingerprint density at radius 1 is 1.03 bits per heavy atom. The number of benzene rings is 3. The van der Waals surface area contributed by atoms with Crippen LogP contribution in [-0.4, -0.2) is 26.0 Å². The Labute approximate surface area is 215 Å². The molecule has 188 valence electrons. The Kier molecular flexibility index (Phi) is 6.40. The van der Waals surface area contributed by atoms with E-state index >= 15 is 0 Å². The van der Waals surface area contributed by atoms with E-state index in [1.165, 1.54) is 0 Å². The maximum Gasteiger partial charge on any atom is 0.320 e. The summed E-state index contributed by atoms with van der Waals surface area (Å²) in [5.41, 5.74) is 4.52. The van der Waals surface area contributed by atoms with Crippen LogP contribution >= 0.6 is 0 Å². The van der Waals surface area contributed by atoms with E-state index in [-0.39, 0.29) is 11.4 Å². The number of H-pyrrole nitrogens is 1. The van der Waals surface area contributed by atoms with E-state index in [0.29, 0.717) is 23.9 Å². The average molecular weight is 495 g/mol. The number of nitrogens with zero attached hydrogens (tertiary/aromatic N) is 3. The van der Waals surface area contributed by atoms with Gasteiger partial charge in [0.2, 0.25) is 0 Å². The summed E-state index contributed by atoms with van der Waals surface area (Å²) in [6.07, 6.45) is 1.76. The van der Waals surface area contributed by atoms with E-state index in [0.717, 1.165) is 33.4 Å². The summed E-state index contributed by atoms with van der Waals surface area (Å²) >= 11 is 0. The number of carbonyl (C=O) groups is 1. The van der Waals surface area contributed by atoms with E-state index in [2.05, 4.69) is 41.6 Å². The third kappa shape index (κ3) is 5.48. The molecule has 0 aliphatic heterocycles. The monoisotopic (exact) mass is 494 g/mol. The predicted octanol–water partition coefficient (Wildman–Crippen LogP) is 6.47. The van der Waals surface area contributed by atoms with Gasteiger partial charge >= 0.3 is 6.03 Å². The maximum atomic E-state index is 13.0. The third-order valence-electron chi connectivity index (χ3n) is 6.02. The third-order valence-corrected chi connectivity index (χ3v) is 6.02. The molecule has 0 aliphatic rings. The number of carbonyl (C=O) groups excluding carboxylic acids is 1. The fraction of sp³-hybridized carbons (Fsp3) is 0.207. The van der Waals surface area contributed by atoms with Crippen molar-refractivity contribution in [2.24, 2.45) is 0 Å². The minimum Gasteiger partial charge on any atom is -0.457 e. The number of para-hydroxylation sites is 1. The van der Waals surface area contributed by atoms with Gasteiger partial charge in [-0.2, -0.15) is 10.2 Å². The minimum absolute atomic E-state index is 0.169. The standard InChI is InChI=1S/C29H30N6O2/c1-19-8-7-10-22(14-19)35-27(16-26(34-35)29(2,3)4)32-28(36)30-17-20-9-5-6-11-25(20)37-23-12-13-24-21(15-23)18-31-33-24/h5-16,18H,17H2,1-4H3,(H,31,33)(H2,30,32,36). The number of rotatable bonds is 6. The van der Waals surface area contributed by atoms with Crippen LogP contribution in [0.4, 0.5) is 10.6 Å². The molecule has 0 unspecified atom stereocenters. The molecular weight excluding hydrogens is 464 g/mol. The summed E-state index contributed by atoms with van der Waals surface area (Å²) in [6, 6.07) is 23.0. The predicted molar refractivity (Wildman–Crippen MR) is 145 cm³/mol. The van der Waals surface area contributed by atoms with E-state index in [1.54, 1.807) is 10.9 Å². The van der Waals surface area contributed by atoms with Crippen molar-refractivity contribution in [3.63, 3.8) is 0 Å². The molecule has 8 heteroatoms. The fourth-order valence-corrected chi connectivity index (χ4v) is 3.99. The zero-order chi connectivity index (χ0) is 26.0. The van der Waals surface area contributed by atoms with Crippen molar-refractivity contribution >= 4 is 22.8 Å². The van der Waals surface area contributed by atoms with Crippen molar-refractivity contribution < 1.29 is 9.53 Å². The molecule has 5 rings (SSSR count). The fourth-order valence-electron chi connectivity index (χ4n) is 3.99. The van der Waals surface area contributed by atoms with Crippen molar-refractivity contribution in [2.45, 2.75) is 39.7 Å². The lowest BCUT2D eigenvalue weighted by atomic mass is 9.92. The molecule has 2 amide bonds. The molecular formula is C29H30N6O2. The van der Waals surface area contributed by atoms with Crippen molar-refractivity contribution in [1.29, 1.82) is 0 Å². The zero-order valence-corrected chi connectivity index (χ0v) is 21.4. The summed E-state index contributed by atoms with van der Waals surface area (Å²) in [5, 5.41) is 18.7. The molecule has 0 fully saturated rings. The second-order valence-electron chi connectivity index (χ2n) is 10.1. The Morgan fingerprint density at radius 2 is 1.86 bits per heavy atom. The molecule has 8 nitrogen and oxygen atoms in total. The molecule has 0 saturated heterocycles. The van der Waals surface area contributed by atoms with Gasteiger partial charge in [-0.3, -0.25) is 10.4 Å². The van der Waals surface area contributed by atoms with Gasteiger partial charge in [0, 0.05) is 29.0 Å². The molecule has 3 N–H and O–H groups in total. The van der Waals surface area contributed by atoms with Gasteiger partial charge in [0.05, 0.1) is 23.1 Å². The number of ether oxygens (including phenoxy) is 1. The molecule has 0 radical (unpaired) electrons. The second-order valence-corrected chi connectivity index (χ2v) is 10.1. The smallest absolute Gasteiger partial charge is 0.320 e. The highest BCUT2D eigenvalue weighted by Gasteiger charge is 2.21. The molecule has 3 aromatic carbocycles. The first kappa shape index (κ1) is 24.1. The van der Waals surface area contributed by atoms with E-state index in [1.807, 2.05) is 79.7 Å². The van der Waals surface area contributed by atoms with Gasteiger partial charge in [-0.15, -0.1) is 0 Å². The number of hydrogen-bond acceptors (Lipinski definition) is 4. The van der Waals surface area contributed by atoms with Gasteiger partial charge in [-0.05, 0) is 48.9 Å². The first-order chi connectivity index (χ1) is 17.8. The minimum atomic E-state index is -0.330. The highest BCUT2D eigenvalue weighted by atomic mass is 16.5.